The van der Waals surface area contributed by atoms with Gasteiger partial charge in [-0.1, -0.05) is 83.7 Å². The molecule has 252 valence electrons. The number of ether oxygens (including phenoxy) is 2. The van der Waals surface area contributed by atoms with E-state index in [1.165, 1.54) is 12.7 Å². The van der Waals surface area contributed by atoms with Gasteiger partial charge in [-0.05, 0) is 77.4 Å². The summed E-state index contributed by atoms with van der Waals surface area (Å²) in [4.78, 5) is 41.6. The molecule has 6 rings (SSSR count). The van der Waals surface area contributed by atoms with Crippen molar-refractivity contribution >= 4 is 64.9 Å². The summed E-state index contributed by atoms with van der Waals surface area (Å²) < 4.78 is 10.9. The van der Waals surface area contributed by atoms with Crippen molar-refractivity contribution in [2.24, 2.45) is 17.8 Å². The molecule has 0 spiro atoms. The van der Waals surface area contributed by atoms with Gasteiger partial charge in [-0.2, -0.15) is 11.4 Å². The molecule has 3 aliphatic rings. The monoisotopic (exact) mass is 668 g/mol. The van der Waals surface area contributed by atoms with Crippen LogP contribution in [-0.2, 0) is 31.9 Å². The van der Waals surface area contributed by atoms with E-state index in [1.54, 1.807) is 0 Å². The van der Waals surface area contributed by atoms with Gasteiger partial charge in [-0.15, -0.1) is 33.5 Å². The maximum Gasteiger partial charge on any atom is 2.00 e. The molecule has 0 unspecified atom stereocenters. The molecule has 9 heteroatoms. The number of allylic oxidation sites excluding steroid dienone is 3. The molecule has 0 radical (unpaired) electrons. The Kier molecular flexibility index (Phi) is 10.7. The van der Waals surface area contributed by atoms with E-state index in [1.807, 2.05) is 32.1 Å². The van der Waals surface area contributed by atoms with Gasteiger partial charge in [0.1, 0.15) is 6.61 Å². The second kappa shape index (κ2) is 14.5. The van der Waals surface area contributed by atoms with Gasteiger partial charge in [0.25, 0.3) is 0 Å². The molecule has 3 aromatic rings. The number of hydrogen-bond acceptors (Lipinski definition) is 4. The van der Waals surface area contributed by atoms with E-state index < -0.39 is 5.92 Å². The summed E-state index contributed by atoms with van der Waals surface area (Å²) in [7, 11) is 1.42. The molecule has 1 fully saturated rings. The molecular formula is C40H44MgN4O4-2. The van der Waals surface area contributed by atoms with Crippen molar-refractivity contribution < 1.29 is 19.1 Å². The van der Waals surface area contributed by atoms with Crippen LogP contribution in [0.5, 0.6) is 0 Å². The number of nitrogens with zero attached hydrogens (tertiary/aromatic N) is 4. The van der Waals surface area contributed by atoms with Crippen LogP contribution < -0.4 is 25.7 Å². The van der Waals surface area contributed by atoms with Gasteiger partial charge in [0, 0.05) is 6.42 Å². The minimum absolute atomic E-state index is 0. The fourth-order valence-corrected chi connectivity index (χ4v) is 7.40. The van der Waals surface area contributed by atoms with Gasteiger partial charge in [-0.3, -0.25) is 9.59 Å². The zero-order valence-electron chi connectivity index (χ0n) is 30.0. The normalized spacial score (nSPS) is 22.8. The van der Waals surface area contributed by atoms with Crippen LogP contribution in [0.1, 0.15) is 96.7 Å². The molecule has 0 aromatic carbocycles. The maximum absolute atomic E-state index is 13.4. The first kappa shape index (κ1) is 36.3. The molecule has 8 bridgehead atoms. The fraction of sp³-hybridized carbons (Fsp3) is 0.400. The maximum atomic E-state index is 13.4. The van der Waals surface area contributed by atoms with E-state index in [4.69, 9.17) is 29.7 Å². The Balaban J connectivity index is 0.00000468. The molecule has 1 saturated heterocycles. The van der Waals surface area contributed by atoms with Crippen molar-refractivity contribution in [3.63, 3.8) is 0 Å². The molecule has 1 aliphatic carbocycles. The van der Waals surface area contributed by atoms with Crippen LogP contribution in [0.15, 0.2) is 29.6 Å². The average Bonchev–Trinajstić information content (AvgIpc) is 3.81. The molecule has 0 saturated carbocycles. The standard InChI is InChI=1S/C40H44N4O4.Mg/c1-10-25-21(5)30-17-32-23(7)27(12-13-36(45)48-15-14-20(3)4)38(43-32)37-29(40(46)47-9)16-28-24(8)33(44-39(28)37)19-35-26(11-2)22(6)31(42-35)18-34(25)41-30;/h10,14,17-19,23,27,29H,1,11-13,15-16H2,2-9H3;/q-4;+2/b31-18-,32-17-,35-19-,38-37-;/t23-,27-,29-;/m0./s1. The zero-order valence-corrected chi connectivity index (χ0v) is 31.4. The SMILES string of the molecule is C=Cc1c2[n-]c(c1C)/C=C1\[N-]/C(=C3\c4[n-]c(c(C)c4C[C@@H]3C(=O)OC)/C=c3\[n-]/c(c(C)c3CC)=C\2)[C@@H](CCC(=O)OCC=C(C)C)[C@@H]1C.[Mg+2]. The summed E-state index contributed by atoms with van der Waals surface area (Å²) >= 11 is 0. The van der Waals surface area contributed by atoms with Crippen LogP contribution in [0.2, 0.25) is 0 Å². The van der Waals surface area contributed by atoms with Crippen molar-refractivity contribution in [1.82, 2.24) is 15.0 Å². The van der Waals surface area contributed by atoms with Crippen molar-refractivity contribution in [2.45, 2.75) is 74.1 Å². The second-order valence-corrected chi connectivity index (χ2v) is 13.4. The summed E-state index contributed by atoms with van der Waals surface area (Å²) in [6.45, 7) is 18.8. The molecule has 8 nitrogen and oxygen atoms in total. The van der Waals surface area contributed by atoms with Crippen LogP contribution in [0.3, 0.4) is 0 Å². The fourth-order valence-electron chi connectivity index (χ4n) is 7.40. The molecule has 5 heterocycles. The van der Waals surface area contributed by atoms with Crippen molar-refractivity contribution in [2.75, 3.05) is 13.7 Å². The van der Waals surface area contributed by atoms with E-state index in [0.717, 1.165) is 90.3 Å². The quantitative estimate of drug-likeness (QED) is 0.182. The third-order valence-electron chi connectivity index (χ3n) is 10.3. The first-order valence-electron chi connectivity index (χ1n) is 16.8. The van der Waals surface area contributed by atoms with Gasteiger partial charge in [0.15, 0.2) is 0 Å². The number of hydrogen-bond donors (Lipinski definition) is 0. The Bertz CT molecular complexity index is 2050. The summed E-state index contributed by atoms with van der Waals surface area (Å²) in [5.41, 5.74) is 13.1. The van der Waals surface area contributed by atoms with Gasteiger partial charge in [0.05, 0.1) is 13.0 Å². The van der Waals surface area contributed by atoms with Crippen LogP contribution in [-0.4, -0.2) is 48.7 Å². The van der Waals surface area contributed by atoms with Crippen molar-refractivity contribution in [3.05, 3.63) is 102 Å². The van der Waals surface area contributed by atoms with E-state index in [9.17, 15) is 9.59 Å². The van der Waals surface area contributed by atoms with Crippen LogP contribution in [0.25, 0.3) is 35.2 Å². The smallest absolute Gasteiger partial charge is 0.664 e. The van der Waals surface area contributed by atoms with E-state index in [-0.39, 0.29) is 59.9 Å². The number of methoxy groups -OCH3 is 1. The van der Waals surface area contributed by atoms with Crippen LogP contribution >= 0.6 is 0 Å². The largest absolute Gasteiger partial charge is 2.00 e. The van der Waals surface area contributed by atoms with E-state index in [0.29, 0.717) is 12.8 Å². The van der Waals surface area contributed by atoms with E-state index >= 15 is 0 Å². The summed E-state index contributed by atoms with van der Waals surface area (Å²) in [5.74, 6) is -1.31. The Morgan fingerprint density at radius 1 is 0.980 bits per heavy atom. The minimum Gasteiger partial charge on any atom is -0.664 e. The molecule has 0 N–H and O–H groups in total. The van der Waals surface area contributed by atoms with Gasteiger partial charge in [0.2, 0.25) is 0 Å². The molecule has 3 aromatic heterocycles. The Labute approximate surface area is 305 Å². The van der Waals surface area contributed by atoms with Gasteiger partial charge in [-0.25, -0.2) is 0 Å². The number of carbonyl (C=O) groups is 2. The summed E-state index contributed by atoms with van der Waals surface area (Å²) in [6.07, 6.45) is 12.0. The third-order valence-corrected chi connectivity index (χ3v) is 10.3. The van der Waals surface area contributed by atoms with Crippen LogP contribution in [0.4, 0.5) is 0 Å². The summed E-state index contributed by atoms with van der Waals surface area (Å²) in [6, 6.07) is 0. The molecule has 49 heavy (non-hydrogen) atoms. The first-order valence-corrected chi connectivity index (χ1v) is 16.8. The Morgan fingerprint density at radius 3 is 2.37 bits per heavy atom. The number of carbonyl (C=O) groups excluding carboxylic acids is 2. The minimum atomic E-state index is -0.541. The predicted molar refractivity (Wildman–Crippen MR) is 195 cm³/mol. The van der Waals surface area contributed by atoms with Gasteiger partial charge < -0.3 is 29.7 Å². The second-order valence-electron chi connectivity index (χ2n) is 13.4. The topological polar surface area (TPSA) is 109 Å². The first-order chi connectivity index (χ1) is 23.0. The molecular weight excluding hydrogens is 625 g/mol. The van der Waals surface area contributed by atoms with E-state index in [2.05, 4.69) is 53.3 Å². The van der Waals surface area contributed by atoms with Crippen molar-refractivity contribution in [1.29, 1.82) is 0 Å². The zero-order chi connectivity index (χ0) is 34.4. The van der Waals surface area contributed by atoms with Crippen molar-refractivity contribution in [3.8, 4) is 0 Å². The number of esters is 2. The molecule has 3 atom stereocenters. The predicted octanol–water partition coefficient (Wildman–Crippen LogP) is 5.31. The molecule has 0 amide bonds. The number of fused-ring (bicyclic) bond motifs is 7. The summed E-state index contributed by atoms with van der Waals surface area (Å²) in [5, 5.41) is 7.05. The van der Waals surface area contributed by atoms with Crippen LogP contribution in [0, 0.1) is 38.5 Å². The van der Waals surface area contributed by atoms with Gasteiger partial charge >= 0.3 is 35.0 Å². The molecule has 2 aliphatic heterocycles. The Hall–Kier alpha value is -3.95. The number of rotatable bonds is 8. The third kappa shape index (κ3) is 6.55. The Morgan fingerprint density at radius 2 is 1.69 bits per heavy atom. The average molecular weight is 669 g/mol. The number of aromatic nitrogens is 3.